The molecule has 1 aliphatic rings. The van der Waals surface area contributed by atoms with Crippen LogP contribution in [0.5, 0.6) is 0 Å². The van der Waals surface area contributed by atoms with Crippen LogP contribution in [-0.4, -0.2) is 4.92 Å². The molecule has 1 aliphatic heterocycles. The highest BCUT2D eigenvalue weighted by molar-refractivity contribution is 8.99. The predicted molar refractivity (Wildman–Crippen MR) is 123 cm³/mol. The van der Waals surface area contributed by atoms with E-state index in [1.165, 1.54) is 29.1 Å². The lowest BCUT2D eigenvalue weighted by Gasteiger charge is -2.17. The molecular weight excluding hydrogens is 429 g/mol. The van der Waals surface area contributed by atoms with Crippen LogP contribution in [0.1, 0.15) is 22.5 Å². The molecule has 0 saturated carbocycles. The molecule has 8 heteroatoms. The second kappa shape index (κ2) is 9.72. The van der Waals surface area contributed by atoms with E-state index in [1.807, 2.05) is 36.4 Å². The van der Waals surface area contributed by atoms with Gasteiger partial charge in [-0.05, 0) is 34.4 Å². The zero-order valence-corrected chi connectivity index (χ0v) is 18.1. The van der Waals surface area contributed by atoms with Crippen LogP contribution in [-0.2, 0) is 16.3 Å². The summed E-state index contributed by atoms with van der Waals surface area (Å²) >= 11 is 8.98. The molecule has 0 aromatic heterocycles. The van der Waals surface area contributed by atoms with E-state index >= 15 is 0 Å². The summed E-state index contributed by atoms with van der Waals surface area (Å²) in [5, 5.41) is 12.7. The van der Waals surface area contributed by atoms with Gasteiger partial charge >= 0.3 is 0 Å². The van der Waals surface area contributed by atoms with E-state index in [0.717, 1.165) is 5.56 Å². The van der Waals surface area contributed by atoms with E-state index in [1.54, 1.807) is 22.9 Å². The third-order valence-corrected chi connectivity index (χ3v) is 12.5. The fraction of sp³-hybridized carbons (Fsp3) is 0.100. The minimum Gasteiger partial charge on any atom is -0.324 e. The van der Waals surface area contributed by atoms with Crippen LogP contribution in [0.4, 0.5) is 0 Å². The van der Waals surface area contributed by atoms with Crippen molar-refractivity contribution in [1.29, 1.82) is 0 Å². The van der Waals surface area contributed by atoms with Gasteiger partial charge < -0.3 is 4.52 Å². The molecule has 1 unspecified atom stereocenters. The van der Waals surface area contributed by atoms with Crippen molar-refractivity contribution < 1.29 is 9.45 Å². The number of hydrogen-bond donors (Lipinski definition) is 0. The average Bonchev–Trinajstić information content (AvgIpc) is 3.07. The summed E-state index contributed by atoms with van der Waals surface area (Å²) in [6.45, 7) is 3.45. The third-order valence-electron chi connectivity index (χ3n) is 3.97. The first-order valence-corrected chi connectivity index (χ1v) is 14.1. The van der Waals surface area contributed by atoms with Crippen LogP contribution in [0, 0.1) is 10.1 Å². The van der Waals surface area contributed by atoms with Crippen molar-refractivity contribution in [3.05, 3.63) is 118 Å². The molecule has 2 aromatic rings. The quantitative estimate of drug-likeness (QED) is 0.196. The lowest BCUT2D eigenvalue weighted by Crippen LogP contribution is -2.04. The van der Waals surface area contributed by atoms with Crippen LogP contribution in [0.3, 0.4) is 0 Å². The standard InChI is InChI=1S/C20H18NO3PS3/c1-2-18(21(22)23)14-9-15-27-25(26)24-19(16-10-5-3-6-11-16)20(28-25)17-12-7-4-8-13-17/h2-15,19-20H,1H2/b15-9+,18-14+/t19-,20+,25?/m1/s1. The summed E-state index contributed by atoms with van der Waals surface area (Å²) in [6.07, 6.45) is 4.12. The smallest absolute Gasteiger partial charge is 0.268 e. The van der Waals surface area contributed by atoms with E-state index in [4.69, 9.17) is 16.3 Å². The highest BCUT2D eigenvalue weighted by Gasteiger charge is 2.42. The Balaban J connectivity index is 1.82. The summed E-state index contributed by atoms with van der Waals surface area (Å²) in [5.41, 5.74) is 2.22. The fourth-order valence-electron chi connectivity index (χ4n) is 2.67. The minimum absolute atomic E-state index is 0.0575. The predicted octanol–water partition coefficient (Wildman–Crippen LogP) is 7.05. The van der Waals surface area contributed by atoms with Crippen LogP contribution in [0.15, 0.2) is 96.6 Å². The Hall–Kier alpha value is -1.63. The molecule has 2 aromatic carbocycles. The largest absolute Gasteiger partial charge is 0.324 e. The Morgan fingerprint density at radius 3 is 2.36 bits per heavy atom. The number of nitro groups is 1. The summed E-state index contributed by atoms with van der Waals surface area (Å²) in [4.78, 5) is 10.4. The molecule has 28 heavy (non-hydrogen) atoms. The van der Waals surface area contributed by atoms with Crippen molar-refractivity contribution >= 4 is 39.2 Å². The number of hydrogen-bond acceptors (Lipinski definition) is 6. The fourth-order valence-corrected chi connectivity index (χ4v) is 11.1. The maximum atomic E-state index is 10.8. The zero-order valence-electron chi connectivity index (χ0n) is 14.8. The Morgan fingerprint density at radius 1 is 1.18 bits per heavy atom. The molecule has 144 valence electrons. The molecule has 0 N–H and O–H groups in total. The molecule has 0 amide bonds. The van der Waals surface area contributed by atoms with Gasteiger partial charge in [0.15, 0.2) is 4.67 Å². The van der Waals surface area contributed by atoms with Gasteiger partial charge in [-0.2, -0.15) is 0 Å². The first-order valence-electron chi connectivity index (χ1n) is 8.41. The lowest BCUT2D eigenvalue weighted by atomic mass is 10.0. The Kier molecular flexibility index (Phi) is 7.32. The molecule has 1 saturated heterocycles. The van der Waals surface area contributed by atoms with Crippen molar-refractivity contribution in [1.82, 2.24) is 0 Å². The van der Waals surface area contributed by atoms with E-state index in [-0.39, 0.29) is 17.1 Å². The van der Waals surface area contributed by atoms with Crippen molar-refractivity contribution in [3.8, 4) is 0 Å². The Morgan fingerprint density at radius 2 is 1.79 bits per heavy atom. The number of allylic oxidation sites excluding steroid dienone is 3. The number of benzene rings is 2. The Bertz CT molecular complexity index is 896. The van der Waals surface area contributed by atoms with Crippen molar-refractivity contribution in [2.45, 2.75) is 11.4 Å². The molecule has 1 heterocycles. The highest BCUT2D eigenvalue weighted by Crippen LogP contribution is 2.82. The van der Waals surface area contributed by atoms with Crippen molar-refractivity contribution in [3.63, 3.8) is 0 Å². The Labute approximate surface area is 177 Å². The summed E-state index contributed by atoms with van der Waals surface area (Å²) in [5.74, 6) is 0. The van der Waals surface area contributed by atoms with Crippen LogP contribution >= 0.6 is 27.4 Å². The van der Waals surface area contributed by atoms with Gasteiger partial charge in [-0.1, -0.05) is 90.0 Å². The minimum atomic E-state index is -2.25. The van der Waals surface area contributed by atoms with Gasteiger partial charge in [0.2, 0.25) is 0 Å². The van der Waals surface area contributed by atoms with Gasteiger partial charge in [-0.25, -0.2) is 0 Å². The number of rotatable bonds is 7. The molecular formula is C20H18NO3PS3. The second-order valence-corrected chi connectivity index (χ2v) is 16.1. The monoisotopic (exact) mass is 447 g/mol. The van der Waals surface area contributed by atoms with Gasteiger partial charge in [0.05, 0.1) is 10.2 Å². The van der Waals surface area contributed by atoms with Gasteiger partial charge in [-0.15, -0.1) is 0 Å². The van der Waals surface area contributed by atoms with Crippen LogP contribution in [0.2, 0.25) is 0 Å². The molecule has 0 radical (unpaired) electrons. The molecule has 3 atom stereocenters. The summed E-state index contributed by atoms with van der Waals surface area (Å²) < 4.78 is 4.16. The van der Waals surface area contributed by atoms with Crippen LogP contribution in [0.25, 0.3) is 0 Å². The zero-order chi connectivity index (χ0) is 20.0. The lowest BCUT2D eigenvalue weighted by molar-refractivity contribution is -0.418. The van der Waals surface area contributed by atoms with E-state index < -0.39 is 9.59 Å². The molecule has 0 bridgehead atoms. The third kappa shape index (κ3) is 5.25. The number of nitrogens with zero attached hydrogens (tertiary/aromatic N) is 1. The van der Waals surface area contributed by atoms with Crippen LogP contribution < -0.4 is 0 Å². The molecule has 4 nitrogen and oxygen atoms in total. The average molecular weight is 448 g/mol. The first-order chi connectivity index (χ1) is 13.5. The van der Waals surface area contributed by atoms with Crippen molar-refractivity contribution in [2.75, 3.05) is 0 Å². The van der Waals surface area contributed by atoms with Gasteiger partial charge in [0, 0.05) is 12.2 Å². The maximum Gasteiger partial charge on any atom is 0.268 e. The second-order valence-electron chi connectivity index (χ2n) is 5.81. The van der Waals surface area contributed by atoms with E-state index in [0.29, 0.717) is 0 Å². The SMILES string of the molecule is C=C/C(=C\C=C\SP1(=S)O[C@H](c2ccccc2)[C@H](c2ccccc2)S1)[N+](=O)[O-]. The molecule has 3 rings (SSSR count). The van der Waals surface area contributed by atoms with Gasteiger partial charge in [0.25, 0.3) is 5.70 Å². The first kappa shape index (κ1) is 21.1. The van der Waals surface area contributed by atoms with E-state index in [9.17, 15) is 10.1 Å². The normalized spacial score (nSPS) is 25.1. The van der Waals surface area contributed by atoms with Crippen molar-refractivity contribution in [2.24, 2.45) is 0 Å². The molecule has 1 fully saturated rings. The molecule has 0 aliphatic carbocycles. The highest BCUT2D eigenvalue weighted by atomic mass is 33.2. The van der Waals surface area contributed by atoms with Gasteiger partial charge in [-0.3, -0.25) is 10.1 Å². The van der Waals surface area contributed by atoms with Gasteiger partial charge in [0.1, 0.15) is 6.10 Å². The maximum absolute atomic E-state index is 10.8. The van der Waals surface area contributed by atoms with E-state index in [2.05, 4.69) is 30.8 Å². The molecule has 0 spiro atoms. The summed E-state index contributed by atoms with van der Waals surface area (Å²) in [7, 11) is 0. The topological polar surface area (TPSA) is 52.4 Å². The summed E-state index contributed by atoms with van der Waals surface area (Å²) in [6, 6.07) is 20.3.